The minimum Gasteiger partial charge on any atom is -0.489 e. The number of nitrogens with zero attached hydrogens (tertiary/aromatic N) is 4. The summed E-state index contributed by atoms with van der Waals surface area (Å²) >= 11 is 0. The molecule has 2 unspecified atom stereocenters. The lowest BCUT2D eigenvalue weighted by Gasteiger charge is -2.44. The molecule has 1 aliphatic carbocycles. The van der Waals surface area contributed by atoms with Gasteiger partial charge in [0.15, 0.2) is 0 Å². The molecule has 7 nitrogen and oxygen atoms in total. The summed E-state index contributed by atoms with van der Waals surface area (Å²) in [6, 6.07) is 11.9. The number of amides is 1. The first-order valence-electron chi connectivity index (χ1n) is 14.4. The van der Waals surface area contributed by atoms with Crippen molar-refractivity contribution in [1.82, 2.24) is 19.8 Å². The smallest absolute Gasteiger partial charge is 0.255 e. The van der Waals surface area contributed by atoms with Crippen LogP contribution in [0.15, 0.2) is 42.7 Å². The molecule has 1 N–H and O–H groups in total. The molecule has 3 fully saturated rings. The zero-order valence-corrected chi connectivity index (χ0v) is 22.7. The van der Waals surface area contributed by atoms with E-state index in [-0.39, 0.29) is 12.0 Å². The number of carbonyl (C=O) groups excluding carboxylic acids is 1. The molecular weight excluding hydrogens is 486 g/mol. The minimum absolute atomic E-state index is 0.0624. The van der Waals surface area contributed by atoms with E-state index in [9.17, 15) is 4.79 Å². The number of likely N-dealkylation sites (tertiary alicyclic amines) is 2. The largest absolute Gasteiger partial charge is 0.489 e. The van der Waals surface area contributed by atoms with Gasteiger partial charge in [-0.25, -0.2) is 9.97 Å². The molecule has 0 bridgehead atoms. The first-order valence-corrected chi connectivity index (χ1v) is 14.4. The van der Waals surface area contributed by atoms with Crippen LogP contribution in [0.2, 0.25) is 0 Å². The second kappa shape index (κ2) is 11.2. The van der Waals surface area contributed by atoms with Gasteiger partial charge in [-0.15, -0.1) is 6.42 Å². The zero-order chi connectivity index (χ0) is 26.8. The first-order chi connectivity index (χ1) is 19.1. The molecule has 2 saturated heterocycles. The Labute approximate surface area is 231 Å². The SMILES string of the molecule is C#Cc1cc(Nc2ncnc3cccc(OC4CCN(C)CC4)c23)ccc1C(=O)N1CCCC2CCCCC21. The van der Waals surface area contributed by atoms with E-state index in [2.05, 4.69) is 38.1 Å². The quantitative estimate of drug-likeness (QED) is 0.438. The number of anilines is 2. The Kier molecular flexibility index (Phi) is 7.38. The number of benzene rings is 2. The second-order valence-corrected chi connectivity index (χ2v) is 11.3. The fraction of sp³-hybridized carbons (Fsp3) is 0.469. The number of hydrogen-bond acceptors (Lipinski definition) is 6. The highest BCUT2D eigenvalue weighted by molar-refractivity contribution is 5.99. The topological polar surface area (TPSA) is 70.6 Å². The number of aromatic nitrogens is 2. The Balaban J connectivity index is 1.26. The molecule has 7 heteroatoms. The minimum atomic E-state index is 0.0624. The normalized spacial score (nSPS) is 22.2. The lowest BCUT2D eigenvalue weighted by Crippen LogP contribution is -2.49. The molecule has 1 amide bonds. The van der Waals surface area contributed by atoms with Gasteiger partial charge in [-0.05, 0) is 81.8 Å². The third-order valence-electron chi connectivity index (χ3n) is 8.76. The molecule has 6 rings (SSSR count). The average Bonchev–Trinajstić information content (AvgIpc) is 2.98. The Hall–Kier alpha value is -3.63. The Morgan fingerprint density at radius 2 is 1.85 bits per heavy atom. The Bertz CT molecular complexity index is 1380. The fourth-order valence-electron chi connectivity index (χ4n) is 6.65. The summed E-state index contributed by atoms with van der Waals surface area (Å²) in [5.74, 6) is 4.90. The van der Waals surface area contributed by atoms with Crippen LogP contribution in [0.4, 0.5) is 11.5 Å². The van der Waals surface area contributed by atoms with E-state index in [1.807, 2.05) is 36.4 Å². The van der Waals surface area contributed by atoms with Crippen LogP contribution in [-0.2, 0) is 0 Å². The summed E-state index contributed by atoms with van der Waals surface area (Å²) in [5, 5.41) is 4.28. The summed E-state index contributed by atoms with van der Waals surface area (Å²) in [6.45, 7) is 2.86. The zero-order valence-electron chi connectivity index (χ0n) is 22.7. The second-order valence-electron chi connectivity index (χ2n) is 11.3. The molecule has 2 atom stereocenters. The number of nitrogens with one attached hydrogen (secondary N) is 1. The van der Waals surface area contributed by atoms with Crippen molar-refractivity contribution in [3.8, 4) is 18.1 Å². The summed E-state index contributed by atoms with van der Waals surface area (Å²) in [5.41, 5.74) is 2.80. The van der Waals surface area contributed by atoms with E-state index < -0.39 is 0 Å². The van der Waals surface area contributed by atoms with E-state index in [1.165, 1.54) is 25.7 Å². The van der Waals surface area contributed by atoms with Crippen LogP contribution in [-0.4, -0.2) is 64.5 Å². The van der Waals surface area contributed by atoms with Crippen LogP contribution in [0.3, 0.4) is 0 Å². The van der Waals surface area contributed by atoms with E-state index >= 15 is 0 Å². The summed E-state index contributed by atoms with van der Waals surface area (Å²) in [4.78, 5) is 27.2. The molecule has 1 saturated carbocycles. The van der Waals surface area contributed by atoms with Crippen LogP contribution < -0.4 is 10.1 Å². The average molecular weight is 524 g/mol. The third-order valence-corrected chi connectivity index (χ3v) is 8.76. The van der Waals surface area contributed by atoms with Gasteiger partial charge in [0.2, 0.25) is 0 Å². The number of carbonyl (C=O) groups is 1. The highest BCUT2D eigenvalue weighted by Gasteiger charge is 2.36. The van der Waals surface area contributed by atoms with Crippen molar-refractivity contribution >= 4 is 28.3 Å². The highest BCUT2D eigenvalue weighted by atomic mass is 16.5. The molecule has 0 radical (unpaired) electrons. The van der Waals surface area contributed by atoms with Gasteiger partial charge >= 0.3 is 0 Å². The van der Waals surface area contributed by atoms with Gasteiger partial charge in [-0.2, -0.15) is 0 Å². The molecule has 2 aliphatic heterocycles. The van der Waals surface area contributed by atoms with Crippen LogP contribution in [0, 0.1) is 18.3 Å². The monoisotopic (exact) mass is 523 g/mol. The molecule has 39 heavy (non-hydrogen) atoms. The van der Waals surface area contributed by atoms with Crippen molar-refractivity contribution in [3.05, 3.63) is 53.9 Å². The molecule has 202 valence electrons. The van der Waals surface area contributed by atoms with Gasteiger partial charge in [0.05, 0.1) is 16.5 Å². The van der Waals surface area contributed by atoms with Crippen LogP contribution in [0.25, 0.3) is 10.9 Å². The first kappa shape index (κ1) is 25.6. The van der Waals surface area contributed by atoms with Gasteiger partial charge in [-0.1, -0.05) is 24.8 Å². The van der Waals surface area contributed by atoms with Crippen LogP contribution in [0.5, 0.6) is 5.75 Å². The lowest BCUT2D eigenvalue weighted by molar-refractivity contribution is 0.0390. The van der Waals surface area contributed by atoms with E-state index in [1.54, 1.807) is 6.33 Å². The molecule has 0 spiro atoms. The van der Waals surface area contributed by atoms with Crippen molar-refractivity contribution in [2.45, 2.75) is 63.5 Å². The third kappa shape index (κ3) is 5.31. The van der Waals surface area contributed by atoms with E-state index in [0.29, 0.717) is 28.9 Å². The van der Waals surface area contributed by atoms with Crippen molar-refractivity contribution in [2.24, 2.45) is 5.92 Å². The maximum Gasteiger partial charge on any atom is 0.255 e. The number of rotatable bonds is 5. The van der Waals surface area contributed by atoms with Crippen LogP contribution >= 0.6 is 0 Å². The number of fused-ring (bicyclic) bond motifs is 2. The molecular formula is C32H37N5O2. The van der Waals surface area contributed by atoms with Crippen molar-refractivity contribution in [2.75, 3.05) is 32.0 Å². The number of piperidine rings is 2. The van der Waals surface area contributed by atoms with Gasteiger partial charge in [0, 0.05) is 36.9 Å². The standard InChI is InChI=1S/C32H37N5O2/c1-3-22-20-24(13-14-26(22)32(38)37-17-7-9-23-8-4-5-11-28(23)37)35-31-30-27(33-21-34-31)10-6-12-29(30)39-25-15-18-36(2)19-16-25/h1,6,10,12-14,20-21,23,25,28H,4-5,7-9,11,15-19H2,2H3,(H,33,34,35). The van der Waals surface area contributed by atoms with Gasteiger partial charge in [0.1, 0.15) is 24.0 Å². The molecule has 3 aliphatic rings. The summed E-state index contributed by atoms with van der Waals surface area (Å²) in [6.07, 6.45) is 16.8. The predicted octanol–water partition coefficient (Wildman–Crippen LogP) is 5.62. The molecule has 3 aromatic rings. The maximum atomic E-state index is 13.7. The number of hydrogen-bond donors (Lipinski definition) is 1. The van der Waals surface area contributed by atoms with Gasteiger partial charge in [-0.3, -0.25) is 4.79 Å². The van der Waals surface area contributed by atoms with E-state index in [0.717, 1.165) is 67.7 Å². The maximum absolute atomic E-state index is 13.7. The van der Waals surface area contributed by atoms with E-state index in [4.69, 9.17) is 11.2 Å². The van der Waals surface area contributed by atoms with Crippen LogP contribution in [0.1, 0.15) is 67.3 Å². The molecule has 1 aromatic heterocycles. The highest BCUT2D eigenvalue weighted by Crippen LogP contribution is 2.37. The molecule has 3 heterocycles. The van der Waals surface area contributed by atoms with Gasteiger partial charge < -0.3 is 19.9 Å². The Morgan fingerprint density at radius 1 is 1.03 bits per heavy atom. The van der Waals surface area contributed by atoms with Crippen molar-refractivity contribution < 1.29 is 9.53 Å². The molecule has 2 aromatic carbocycles. The summed E-state index contributed by atoms with van der Waals surface area (Å²) in [7, 11) is 2.15. The number of ether oxygens (including phenoxy) is 1. The lowest BCUT2D eigenvalue weighted by atomic mass is 9.78. The Morgan fingerprint density at radius 3 is 2.69 bits per heavy atom. The number of terminal acetylenes is 1. The van der Waals surface area contributed by atoms with Gasteiger partial charge in [0.25, 0.3) is 5.91 Å². The van der Waals surface area contributed by atoms with Crippen molar-refractivity contribution in [1.29, 1.82) is 0 Å². The predicted molar refractivity (Wildman–Crippen MR) is 154 cm³/mol. The fourth-order valence-corrected chi connectivity index (χ4v) is 6.65. The summed E-state index contributed by atoms with van der Waals surface area (Å²) < 4.78 is 6.47. The van der Waals surface area contributed by atoms with Crippen molar-refractivity contribution in [3.63, 3.8) is 0 Å².